The van der Waals surface area contributed by atoms with Crippen LogP contribution in [0.5, 0.6) is 11.5 Å². The minimum atomic E-state index is -0.985. The van der Waals surface area contributed by atoms with E-state index in [0.29, 0.717) is 5.56 Å². The van der Waals surface area contributed by atoms with Crippen LogP contribution in [-0.4, -0.2) is 43.3 Å². The molecule has 1 amide bonds. The summed E-state index contributed by atoms with van der Waals surface area (Å²) in [4.78, 5) is 18.9. The van der Waals surface area contributed by atoms with E-state index in [1.807, 2.05) is 30.3 Å². The molecule has 0 bridgehead atoms. The first-order valence-electron chi connectivity index (χ1n) is 15.0. The number of hydrazone groups is 1. The Morgan fingerprint density at radius 3 is 1.83 bits per heavy atom. The molecule has 42 heavy (non-hydrogen) atoms. The number of hydrogen-bond acceptors (Lipinski definition) is 5. The highest BCUT2D eigenvalue weighted by Crippen LogP contribution is 2.58. The van der Waals surface area contributed by atoms with Crippen molar-refractivity contribution in [2.45, 2.75) is 40.2 Å². The first-order chi connectivity index (χ1) is 20.5. The highest BCUT2D eigenvalue weighted by Gasteiger charge is 2.57. The van der Waals surface area contributed by atoms with Gasteiger partial charge in [-0.15, -0.1) is 0 Å². The van der Waals surface area contributed by atoms with Gasteiger partial charge in [0.2, 0.25) is 0 Å². The van der Waals surface area contributed by atoms with Crippen molar-refractivity contribution in [2.24, 2.45) is 5.10 Å². The zero-order valence-corrected chi connectivity index (χ0v) is 25.1. The number of benzene rings is 4. The predicted molar refractivity (Wildman–Crippen MR) is 171 cm³/mol. The van der Waals surface area contributed by atoms with E-state index in [4.69, 9.17) is 9.84 Å². The molecule has 0 radical (unpaired) electrons. The molecule has 0 saturated carbocycles. The highest BCUT2D eigenvalue weighted by atomic mass is 16.5. The Morgan fingerprint density at radius 2 is 1.29 bits per heavy atom. The molecule has 6 rings (SSSR count). The highest BCUT2D eigenvalue weighted by molar-refractivity contribution is 6.03. The molecule has 0 fully saturated rings. The lowest BCUT2D eigenvalue weighted by molar-refractivity contribution is 0.0675. The van der Waals surface area contributed by atoms with Gasteiger partial charge in [0, 0.05) is 71.9 Å². The van der Waals surface area contributed by atoms with Crippen molar-refractivity contribution in [2.75, 3.05) is 36.0 Å². The molecule has 6 heteroatoms. The van der Waals surface area contributed by atoms with Gasteiger partial charge in [0.15, 0.2) is 0 Å². The van der Waals surface area contributed by atoms with Crippen molar-refractivity contribution < 1.29 is 9.53 Å². The molecule has 0 unspecified atom stereocenters. The third-order valence-corrected chi connectivity index (χ3v) is 8.64. The van der Waals surface area contributed by atoms with Gasteiger partial charge in [0.05, 0.1) is 6.21 Å². The van der Waals surface area contributed by atoms with Crippen molar-refractivity contribution in [1.29, 1.82) is 0 Å². The van der Waals surface area contributed by atoms with Gasteiger partial charge in [-0.05, 0) is 58.4 Å². The number of hydrogen-bond donors (Lipinski definition) is 0. The van der Waals surface area contributed by atoms with Crippen LogP contribution in [-0.2, 0) is 5.54 Å². The fourth-order valence-corrected chi connectivity index (χ4v) is 6.42. The number of rotatable bonds is 8. The van der Waals surface area contributed by atoms with E-state index in [2.05, 4.69) is 99.0 Å². The van der Waals surface area contributed by atoms with E-state index in [9.17, 15) is 4.79 Å². The minimum absolute atomic E-state index is 0.131. The lowest BCUT2D eigenvalue weighted by Crippen LogP contribution is -2.44. The fourth-order valence-electron chi connectivity index (χ4n) is 6.42. The summed E-state index contributed by atoms with van der Waals surface area (Å²) in [6.45, 7) is 14.2. The van der Waals surface area contributed by atoms with Crippen LogP contribution in [0.25, 0.3) is 0 Å². The molecule has 6 nitrogen and oxygen atoms in total. The van der Waals surface area contributed by atoms with Crippen molar-refractivity contribution in [3.05, 3.63) is 118 Å². The van der Waals surface area contributed by atoms with E-state index in [1.165, 1.54) is 5.56 Å². The maximum atomic E-state index is 14.3. The lowest BCUT2D eigenvalue weighted by atomic mass is 9.75. The summed E-state index contributed by atoms with van der Waals surface area (Å²) in [5.41, 5.74) is 6.66. The van der Waals surface area contributed by atoms with Crippen LogP contribution in [0.2, 0.25) is 0 Å². The van der Waals surface area contributed by atoms with Gasteiger partial charge in [-0.2, -0.15) is 5.10 Å². The van der Waals surface area contributed by atoms with Crippen LogP contribution in [0.1, 0.15) is 65.9 Å². The molecule has 0 saturated heterocycles. The quantitative estimate of drug-likeness (QED) is 0.209. The van der Waals surface area contributed by atoms with Gasteiger partial charge in [-0.3, -0.25) is 4.79 Å². The average Bonchev–Trinajstić information content (AvgIpc) is 3.26. The van der Waals surface area contributed by atoms with Gasteiger partial charge >= 0.3 is 0 Å². The summed E-state index contributed by atoms with van der Waals surface area (Å²) >= 11 is 0. The summed E-state index contributed by atoms with van der Waals surface area (Å²) in [6.07, 6.45) is 1.79. The average molecular weight is 559 g/mol. The zero-order valence-electron chi connectivity index (χ0n) is 25.1. The first-order valence-corrected chi connectivity index (χ1v) is 15.0. The number of anilines is 2. The second-order valence-electron chi connectivity index (χ2n) is 10.8. The molecule has 0 atom stereocenters. The SMILES string of the molecule is CCN(CC)c1ccc2c(c1)Oc1cc(N(CC)CC)ccc1C21c2ccccc2C(=O)N1/N=C/c1ccc(C)cc1. The summed E-state index contributed by atoms with van der Waals surface area (Å²) < 4.78 is 6.76. The summed E-state index contributed by atoms with van der Waals surface area (Å²) in [6, 6.07) is 28.8. The smallest absolute Gasteiger partial charge is 0.275 e. The van der Waals surface area contributed by atoms with E-state index in [0.717, 1.165) is 71.3 Å². The van der Waals surface area contributed by atoms with Crippen LogP contribution in [0.3, 0.4) is 0 Å². The monoisotopic (exact) mass is 558 g/mol. The Kier molecular flexibility index (Phi) is 7.23. The molecule has 214 valence electrons. The Labute approximate surface area is 248 Å². The van der Waals surface area contributed by atoms with Gasteiger partial charge < -0.3 is 14.5 Å². The van der Waals surface area contributed by atoms with E-state index >= 15 is 0 Å². The van der Waals surface area contributed by atoms with Crippen LogP contribution < -0.4 is 14.5 Å². The zero-order chi connectivity index (χ0) is 29.4. The molecule has 4 aromatic carbocycles. The van der Waals surface area contributed by atoms with Gasteiger partial charge in [0.25, 0.3) is 5.91 Å². The molecule has 4 aromatic rings. The molecule has 1 spiro atoms. The number of carbonyl (C=O) groups excluding carboxylic acids is 1. The molecule has 0 N–H and O–H groups in total. The Bertz CT molecular complexity index is 1590. The number of fused-ring (bicyclic) bond motifs is 6. The standard InChI is InChI=1S/C36H38N4O2/c1-6-38(7-2)27-18-20-31-33(22-27)42-34-23-28(39(8-3)9-4)19-21-32(34)36(31)30-13-11-10-12-29(30)35(41)40(36)37-24-26-16-14-25(5)15-17-26/h10-24H,6-9H2,1-5H3/b37-24+. The van der Waals surface area contributed by atoms with Gasteiger partial charge in [-0.25, -0.2) is 5.01 Å². The molecular weight excluding hydrogens is 520 g/mol. The summed E-state index contributed by atoms with van der Waals surface area (Å²) in [7, 11) is 0. The maximum Gasteiger partial charge on any atom is 0.275 e. The largest absolute Gasteiger partial charge is 0.456 e. The minimum Gasteiger partial charge on any atom is -0.456 e. The second-order valence-corrected chi connectivity index (χ2v) is 10.8. The topological polar surface area (TPSA) is 48.4 Å². The third kappa shape index (κ3) is 4.25. The Morgan fingerprint density at radius 1 is 0.738 bits per heavy atom. The molecular formula is C36H38N4O2. The maximum absolute atomic E-state index is 14.3. The lowest BCUT2D eigenvalue weighted by Gasteiger charge is -2.42. The van der Waals surface area contributed by atoms with Crippen molar-refractivity contribution in [3.63, 3.8) is 0 Å². The van der Waals surface area contributed by atoms with Crippen LogP contribution in [0.4, 0.5) is 11.4 Å². The number of nitrogens with zero attached hydrogens (tertiary/aromatic N) is 4. The number of amides is 1. The molecule has 2 aliphatic rings. The van der Waals surface area contributed by atoms with Crippen LogP contribution in [0.15, 0.2) is 90.0 Å². The van der Waals surface area contributed by atoms with Gasteiger partial charge in [0.1, 0.15) is 17.0 Å². The Hall–Kier alpha value is -4.58. The van der Waals surface area contributed by atoms with Crippen LogP contribution >= 0.6 is 0 Å². The van der Waals surface area contributed by atoms with Crippen molar-refractivity contribution in [3.8, 4) is 11.5 Å². The van der Waals surface area contributed by atoms with E-state index in [1.54, 1.807) is 11.2 Å². The molecule has 0 aromatic heterocycles. The van der Waals surface area contributed by atoms with Crippen LogP contribution in [0, 0.1) is 6.92 Å². The first kappa shape index (κ1) is 27.6. The summed E-state index contributed by atoms with van der Waals surface area (Å²) in [5.74, 6) is 1.35. The summed E-state index contributed by atoms with van der Waals surface area (Å²) in [5, 5.41) is 6.63. The fraction of sp³-hybridized carbons (Fsp3) is 0.278. The molecule has 0 aliphatic carbocycles. The molecule has 2 heterocycles. The molecule has 2 aliphatic heterocycles. The normalized spacial score (nSPS) is 14.5. The van der Waals surface area contributed by atoms with E-state index < -0.39 is 5.54 Å². The van der Waals surface area contributed by atoms with Crippen molar-refractivity contribution >= 4 is 23.5 Å². The predicted octanol–water partition coefficient (Wildman–Crippen LogP) is 7.57. The van der Waals surface area contributed by atoms with E-state index in [-0.39, 0.29) is 5.91 Å². The van der Waals surface area contributed by atoms with Crippen molar-refractivity contribution in [1.82, 2.24) is 5.01 Å². The third-order valence-electron chi connectivity index (χ3n) is 8.64. The number of ether oxygens (including phenoxy) is 1. The number of carbonyl (C=O) groups is 1. The number of aryl methyl sites for hydroxylation is 1. The second kappa shape index (κ2) is 11.0. The van der Waals surface area contributed by atoms with Gasteiger partial charge in [-0.1, -0.05) is 60.2 Å². The Balaban J connectivity index is 1.63.